The Morgan fingerprint density at radius 2 is 1.60 bits per heavy atom. The summed E-state index contributed by atoms with van der Waals surface area (Å²) in [4.78, 5) is 16.6. The van der Waals surface area contributed by atoms with Gasteiger partial charge >= 0.3 is 5.97 Å². The van der Waals surface area contributed by atoms with Crippen molar-refractivity contribution in [2.24, 2.45) is 16.8 Å². The molecular formula is C20H29NO4. The smallest absolute Gasteiger partial charge is 0.338 e. The molecule has 5 heteroatoms. The Morgan fingerprint density at radius 1 is 1.00 bits per heavy atom. The fourth-order valence-electron chi connectivity index (χ4n) is 2.16. The first-order valence-corrected chi connectivity index (χ1v) is 9.06. The molecule has 138 valence electrons. The minimum atomic E-state index is -0.603. The third-order valence-corrected chi connectivity index (χ3v) is 3.85. The summed E-state index contributed by atoms with van der Waals surface area (Å²) in [6.45, 7) is 9.44. The second-order valence-electron chi connectivity index (χ2n) is 7.14. The summed E-state index contributed by atoms with van der Waals surface area (Å²) in [7, 11) is 0. The quantitative estimate of drug-likeness (QED) is 0.292. The van der Waals surface area contributed by atoms with Crippen molar-refractivity contribution in [3.8, 4) is 0 Å². The van der Waals surface area contributed by atoms with E-state index in [1.165, 1.54) is 0 Å². The highest BCUT2D eigenvalue weighted by Gasteiger charge is 2.51. The van der Waals surface area contributed by atoms with Gasteiger partial charge in [-0.3, -0.25) is 0 Å². The van der Waals surface area contributed by atoms with Crippen molar-refractivity contribution in [2.75, 3.05) is 13.2 Å². The summed E-state index contributed by atoms with van der Waals surface area (Å²) in [5.41, 5.74) is 0.782. The van der Waals surface area contributed by atoms with Crippen LogP contribution >= 0.6 is 0 Å². The van der Waals surface area contributed by atoms with Gasteiger partial charge in [0, 0.05) is 0 Å². The van der Waals surface area contributed by atoms with E-state index in [1.807, 2.05) is 30.3 Å². The Balaban J connectivity index is 1.94. The summed E-state index contributed by atoms with van der Waals surface area (Å²) in [5, 5.41) is 0. The van der Waals surface area contributed by atoms with E-state index in [2.05, 4.69) is 32.7 Å². The van der Waals surface area contributed by atoms with Gasteiger partial charge in [0.05, 0.1) is 18.9 Å². The van der Waals surface area contributed by atoms with Gasteiger partial charge in [-0.1, -0.05) is 45.9 Å². The number of hydrogen-bond donors (Lipinski definition) is 0. The van der Waals surface area contributed by atoms with Crippen LogP contribution in [0, 0.1) is 11.8 Å². The molecule has 2 atom stereocenters. The molecule has 25 heavy (non-hydrogen) atoms. The summed E-state index contributed by atoms with van der Waals surface area (Å²) in [6, 6.07) is 9.54. The number of rotatable bonds is 9. The lowest BCUT2D eigenvalue weighted by Crippen LogP contribution is -2.22. The van der Waals surface area contributed by atoms with Gasteiger partial charge in [-0.05, 0) is 36.8 Å². The molecule has 1 aliphatic heterocycles. The summed E-state index contributed by atoms with van der Waals surface area (Å²) < 4.78 is 16.6. The summed E-state index contributed by atoms with van der Waals surface area (Å²) >= 11 is 0. The van der Waals surface area contributed by atoms with Gasteiger partial charge in [-0.15, -0.1) is 0 Å². The zero-order valence-corrected chi connectivity index (χ0v) is 15.6. The van der Waals surface area contributed by atoms with Crippen molar-refractivity contribution in [3.05, 3.63) is 30.3 Å². The van der Waals surface area contributed by atoms with Crippen molar-refractivity contribution in [1.29, 1.82) is 0 Å². The fraction of sp³-hybridized carbons (Fsp3) is 0.600. The Bertz CT molecular complexity index is 568. The maximum absolute atomic E-state index is 12.1. The number of nitrogens with zero attached hydrogens (tertiary/aromatic N) is 1. The SMILES string of the molecule is CC(C)CCOC(=O)C1OC1C(=Nc1ccccc1)OCCC(C)C. The molecule has 2 unspecified atom stereocenters. The lowest BCUT2D eigenvalue weighted by Gasteiger charge is -2.09. The maximum atomic E-state index is 12.1. The van der Waals surface area contributed by atoms with E-state index in [0.29, 0.717) is 30.9 Å². The van der Waals surface area contributed by atoms with E-state index in [4.69, 9.17) is 14.2 Å². The molecule has 0 aromatic heterocycles. The second-order valence-corrected chi connectivity index (χ2v) is 7.14. The molecule has 1 heterocycles. The average molecular weight is 347 g/mol. The lowest BCUT2D eigenvalue weighted by atomic mass is 10.1. The Labute approximate surface area is 150 Å². The topological polar surface area (TPSA) is 60.4 Å². The highest BCUT2D eigenvalue weighted by Crippen LogP contribution is 2.28. The molecule has 0 radical (unpaired) electrons. The van der Waals surface area contributed by atoms with E-state index >= 15 is 0 Å². The molecular weight excluding hydrogens is 318 g/mol. The Hall–Kier alpha value is -1.88. The molecule has 1 fully saturated rings. The third kappa shape index (κ3) is 6.86. The number of aliphatic imine (C=N–C) groups is 1. The van der Waals surface area contributed by atoms with Crippen molar-refractivity contribution >= 4 is 17.6 Å². The molecule has 1 saturated heterocycles. The van der Waals surface area contributed by atoms with Gasteiger partial charge in [-0.25, -0.2) is 9.79 Å². The molecule has 1 aromatic rings. The predicted molar refractivity (Wildman–Crippen MR) is 98.0 cm³/mol. The molecule has 0 bridgehead atoms. The van der Waals surface area contributed by atoms with Gasteiger partial charge in [0.25, 0.3) is 0 Å². The van der Waals surface area contributed by atoms with Crippen LogP contribution in [0.25, 0.3) is 0 Å². The number of esters is 1. The van der Waals surface area contributed by atoms with Crippen LogP contribution in [0.2, 0.25) is 0 Å². The van der Waals surface area contributed by atoms with Crippen molar-refractivity contribution < 1.29 is 19.0 Å². The van der Waals surface area contributed by atoms with Crippen LogP contribution in [0.1, 0.15) is 40.5 Å². The zero-order valence-electron chi connectivity index (χ0n) is 15.6. The van der Waals surface area contributed by atoms with Crippen LogP contribution in [0.3, 0.4) is 0 Å². The van der Waals surface area contributed by atoms with Gasteiger partial charge in [0.15, 0.2) is 12.2 Å². The van der Waals surface area contributed by atoms with Crippen molar-refractivity contribution in [2.45, 2.75) is 52.7 Å². The van der Waals surface area contributed by atoms with Crippen LogP contribution in [0.4, 0.5) is 5.69 Å². The van der Waals surface area contributed by atoms with Gasteiger partial charge in [0.2, 0.25) is 5.90 Å². The Morgan fingerprint density at radius 3 is 2.20 bits per heavy atom. The highest BCUT2D eigenvalue weighted by atomic mass is 16.7. The van der Waals surface area contributed by atoms with E-state index in [-0.39, 0.29) is 5.97 Å². The molecule has 1 aromatic carbocycles. The van der Waals surface area contributed by atoms with Crippen LogP contribution < -0.4 is 0 Å². The zero-order chi connectivity index (χ0) is 18.2. The Kier molecular flexibility index (Phi) is 7.44. The van der Waals surface area contributed by atoms with Crippen molar-refractivity contribution in [1.82, 2.24) is 0 Å². The lowest BCUT2D eigenvalue weighted by molar-refractivity contribution is -0.145. The second kappa shape index (κ2) is 9.56. The largest absolute Gasteiger partial charge is 0.479 e. The molecule has 1 aliphatic rings. The van der Waals surface area contributed by atoms with Crippen molar-refractivity contribution in [3.63, 3.8) is 0 Å². The first-order valence-electron chi connectivity index (χ1n) is 9.06. The fourth-order valence-corrected chi connectivity index (χ4v) is 2.16. The molecule has 0 saturated carbocycles. The highest BCUT2D eigenvalue weighted by molar-refractivity contribution is 5.94. The number of ether oxygens (including phenoxy) is 3. The molecule has 0 aliphatic carbocycles. The summed E-state index contributed by atoms with van der Waals surface area (Å²) in [6.07, 6.45) is 0.718. The molecule has 5 nitrogen and oxygen atoms in total. The number of carbonyl (C=O) groups is 1. The minimum absolute atomic E-state index is 0.334. The van der Waals surface area contributed by atoms with Crippen LogP contribution in [0.15, 0.2) is 35.3 Å². The summed E-state index contributed by atoms with van der Waals surface area (Å²) in [5.74, 6) is 1.16. The number of para-hydroxylation sites is 1. The first kappa shape index (κ1) is 19.4. The van der Waals surface area contributed by atoms with Gasteiger partial charge in [0.1, 0.15) is 0 Å². The number of epoxide rings is 1. The monoisotopic (exact) mass is 347 g/mol. The van der Waals surface area contributed by atoms with Crippen LogP contribution in [-0.2, 0) is 19.0 Å². The van der Waals surface area contributed by atoms with E-state index < -0.39 is 12.2 Å². The maximum Gasteiger partial charge on any atom is 0.338 e. The van der Waals surface area contributed by atoms with Crippen LogP contribution in [-0.4, -0.2) is 37.3 Å². The average Bonchev–Trinajstić information content (AvgIpc) is 3.35. The number of benzene rings is 1. The molecule has 0 amide bonds. The molecule has 0 N–H and O–H groups in total. The molecule has 2 rings (SSSR count). The standard InChI is InChI=1S/C20H29NO4/c1-14(2)10-12-23-19(21-16-8-6-5-7-9-16)17-18(25-17)20(22)24-13-11-15(3)4/h5-9,14-15,17-18H,10-13H2,1-4H3. The van der Waals surface area contributed by atoms with Gasteiger partial charge in [-0.2, -0.15) is 0 Å². The first-order chi connectivity index (χ1) is 12.0. The molecule has 0 spiro atoms. The van der Waals surface area contributed by atoms with E-state index in [0.717, 1.165) is 18.5 Å². The minimum Gasteiger partial charge on any atom is -0.479 e. The van der Waals surface area contributed by atoms with E-state index in [9.17, 15) is 4.79 Å². The number of hydrogen-bond acceptors (Lipinski definition) is 5. The third-order valence-electron chi connectivity index (χ3n) is 3.85. The van der Waals surface area contributed by atoms with E-state index in [1.54, 1.807) is 0 Å². The predicted octanol–water partition coefficient (Wildman–Crippen LogP) is 4.14. The van der Waals surface area contributed by atoms with Crippen LogP contribution in [0.5, 0.6) is 0 Å². The van der Waals surface area contributed by atoms with Gasteiger partial charge < -0.3 is 14.2 Å². The normalized spacial score (nSPS) is 20.0. The number of carbonyl (C=O) groups excluding carboxylic acids is 1.